The Morgan fingerprint density at radius 3 is 2.56 bits per heavy atom. The van der Waals surface area contributed by atoms with E-state index in [0.29, 0.717) is 0 Å². The van der Waals surface area contributed by atoms with Gasteiger partial charge in [-0.15, -0.1) is 0 Å². The average Bonchev–Trinajstić information content (AvgIpc) is 2.49. The molecule has 0 heteroatoms. The first kappa shape index (κ1) is 4.76. The normalized spacial score (nSPS) is 72.7. The second kappa shape index (κ2) is 0.889. The van der Waals surface area contributed by atoms with Crippen LogP contribution in [-0.4, -0.2) is 0 Å². The molecule has 1 spiro atoms. The molecule has 3 aliphatic rings. The number of fused-ring (bicyclic) bond motifs is 1. The molecule has 0 N–H and O–H groups in total. The predicted octanol–water partition coefficient (Wildman–Crippen LogP) is 2.44. The molecular formula is C9H14. The standard InChI is InChI=1S/C9H14/c1-3-4-8(2)7-6-5-9(6,7)8/h6-7H,3-5H2,1-2H3. The topological polar surface area (TPSA) is 0 Å². The molecule has 0 saturated heterocycles. The number of hydrogen-bond donors (Lipinski definition) is 0. The first-order chi connectivity index (χ1) is 4.27. The molecular weight excluding hydrogens is 108 g/mol. The van der Waals surface area contributed by atoms with Gasteiger partial charge in [-0.3, -0.25) is 0 Å². The SMILES string of the molecule is CCCC1(C)C2C3CC321. The maximum absolute atomic E-state index is 2.50. The highest BCUT2D eigenvalue weighted by molar-refractivity contribution is 5.49. The van der Waals surface area contributed by atoms with Crippen LogP contribution in [0.3, 0.4) is 0 Å². The van der Waals surface area contributed by atoms with Crippen molar-refractivity contribution in [1.29, 1.82) is 0 Å². The van der Waals surface area contributed by atoms with Gasteiger partial charge in [-0.05, 0) is 35.5 Å². The third-order valence-corrected chi connectivity index (χ3v) is 4.34. The van der Waals surface area contributed by atoms with Crippen molar-refractivity contribution in [2.24, 2.45) is 22.7 Å². The van der Waals surface area contributed by atoms with Crippen LogP contribution in [-0.2, 0) is 0 Å². The molecule has 4 unspecified atom stereocenters. The minimum Gasteiger partial charge on any atom is -0.0654 e. The van der Waals surface area contributed by atoms with Gasteiger partial charge in [0.05, 0.1) is 0 Å². The van der Waals surface area contributed by atoms with E-state index >= 15 is 0 Å². The summed E-state index contributed by atoms with van der Waals surface area (Å²) in [6, 6.07) is 0. The molecule has 3 aliphatic carbocycles. The van der Waals surface area contributed by atoms with Gasteiger partial charge in [-0.1, -0.05) is 20.3 Å². The minimum atomic E-state index is 0.867. The summed E-state index contributed by atoms with van der Waals surface area (Å²) < 4.78 is 0. The van der Waals surface area contributed by atoms with Crippen LogP contribution in [0, 0.1) is 22.7 Å². The Bertz CT molecular complexity index is 184. The monoisotopic (exact) mass is 122 g/mol. The van der Waals surface area contributed by atoms with Gasteiger partial charge < -0.3 is 0 Å². The van der Waals surface area contributed by atoms with Gasteiger partial charge in [0.2, 0.25) is 0 Å². The molecule has 3 rings (SSSR count). The number of rotatable bonds is 2. The first-order valence-corrected chi connectivity index (χ1v) is 4.27. The van der Waals surface area contributed by atoms with Crippen LogP contribution in [0.5, 0.6) is 0 Å². The van der Waals surface area contributed by atoms with Crippen LogP contribution in [0.4, 0.5) is 0 Å². The Kier molecular flexibility index (Phi) is 0.470. The summed E-state index contributed by atoms with van der Waals surface area (Å²) in [4.78, 5) is 0. The van der Waals surface area contributed by atoms with Gasteiger partial charge >= 0.3 is 0 Å². The van der Waals surface area contributed by atoms with Crippen LogP contribution in [0.25, 0.3) is 0 Å². The van der Waals surface area contributed by atoms with E-state index in [1.807, 2.05) is 0 Å². The molecule has 0 bridgehead atoms. The lowest BCUT2D eigenvalue weighted by Gasteiger charge is -2.13. The number of hydrogen-bond acceptors (Lipinski definition) is 0. The smallest absolute Gasteiger partial charge is 0.0170 e. The molecule has 0 radical (unpaired) electrons. The molecule has 3 saturated carbocycles. The second-order valence-corrected chi connectivity index (χ2v) is 4.50. The largest absolute Gasteiger partial charge is 0.0654 e. The van der Waals surface area contributed by atoms with E-state index in [1.165, 1.54) is 24.7 Å². The summed E-state index contributed by atoms with van der Waals surface area (Å²) >= 11 is 0. The van der Waals surface area contributed by atoms with Crippen molar-refractivity contribution in [2.75, 3.05) is 0 Å². The lowest BCUT2D eigenvalue weighted by Crippen LogP contribution is -2.04. The van der Waals surface area contributed by atoms with E-state index in [9.17, 15) is 0 Å². The summed E-state index contributed by atoms with van der Waals surface area (Å²) in [7, 11) is 0. The van der Waals surface area contributed by atoms with E-state index in [1.54, 1.807) is 6.42 Å². The highest BCUT2D eigenvalue weighted by atomic mass is 15.1. The van der Waals surface area contributed by atoms with Crippen molar-refractivity contribution in [3.8, 4) is 0 Å². The summed E-state index contributed by atoms with van der Waals surface area (Å²) in [6.45, 7) is 4.82. The second-order valence-electron chi connectivity index (χ2n) is 4.50. The third kappa shape index (κ3) is 0.249. The fourth-order valence-corrected chi connectivity index (χ4v) is 3.65. The van der Waals surface area contributed by atoms with Crippen LogP contribution < -0.4 is 0 Å². The van der Waals surface area contributed by atoms with Crippen LogP contribution in [0.2, 0.25) is 0 Å². The van der Waals surface area contributed by atoms with Gasteiger partial charge in [0.1, 0.15) is 0 Å². The average molecular weight is 122 g/mol. The Hall–Kier alpha value is 0. The van der Waals surface area contributed by atoms with Crippen molar-refractivity contribution in [3.05, 3.63) is 0 Å². The summed E-state index contributed by atoms with van der Waals surface area (Å²) in [5, 5.41) is 0. The highest BCUT2D eigenvalue weighted by Crippen LogP contribution is 3.07. The van der Waals surface area contributed by atoms with Crippen LogP contribution >= 0.6 is 0 Å². The Morgan fingerprint density at radius 1 is 1.56 bits per heavy atom. The maximum Gasteiger partial charge on any atom is -0.0170 e. The van der Waals surface area contributed by atoms with Crippen molar-refractivity contribution in [2.45, 2.75) is 33.1 Å². The van der Waals surface area contributed by atoms with Crippen molar-refractivity contribution >= 4 is 0 Å². The molecule has 0 heterocycles. The van der Waals surface area contributed by atoms with Gasteiger partial charge in [0, 0.05) is 0 Å². The fraction of sp³-hybridized carbons (Fsp3) is 1.00. The van der Waals surface area contributed by atoms with Gasteiger partial charge in [-0.2, -0.15) is 0 Å². The quantitative estimate of drug-likeness (QED) is 0.527. The Labute approximate surface area is 56.6 Å². The summed E-state index contributed by atoms with van der Waals surface area (Å²) in [6.07, 6.45) is 4.52. The lowest BCUT2D eigenvalue weighted by atomic mass is 9.92. The fourth-order valence-electron chi connectivity index (χ4n) is 3.65. The molecule has 0 aliphatic heterocycles. The molecule has 0 aromatic heterocycles. The van der Waals surface area contributed by atoms with Crippen LogP contribution in [0.15, 0.2) is 0 Å². The van der Waals surface area contributed by atoms with Gasteiger partial charge in [0.25, 0.3) is 0 Å². The van der Waals surface area contributed by atoms with Crippen molar-refractivity contribution < 1.29 is 0 Å². The third-order valence-electron chi connectivity index (χ3n) is 4.34. The zero-order valence-electron chi connectivity index (χ0n) is 6.28. The van der Waals surface area contributed by atoms with E-state index in [0.717, 1.165) is 10.8 Å². The van der Waals surface area contributed by atoms with Gasteiger partial charge in [0.15, 0.2) is 0 Å². The van der Waals surface area contributed by atoms with E-state index in [4.69, 9.17) is 0 Å². The highest BCUT2D eigenvalue weighted by Gasteiger charge is 3.02. The molecule has 0 amide bonds. The first-order valence-electron chi connectivity index (χ1n) is 4.27. The summed E-state index contributed by atoms with van der Waals surface area (Å²) in [5.74, 6) is 2.47. The van der Waals surface area contributed by atoms with Crippen molar-refractivity contribution in [3.63, 3.8) is 0 Å². The van der Waals surface area contributed by atoms with Gasteiger partial charge in [-0.25, -0.2) is 0 Å². The molecule has 4 atom stereocenters. The minimum absolute atomic E-state index is 0.867. The molecule has 0 nitrogen and oxygen atoms in total. The van der Waals surface area contributed by atoms with Crippen molar-refractivity contribution in [1.82, 2.24) is 0 Å². The Balaban J connectivity index is 1.79. The van der Waals surface area contributed by atoms with E-state index < -0.39 is 0 Å². The maximum atomic E-state index is 2.50. The lowest BCUT2D eigenvalue weighted by molar-refractivity contribution is 0.366. The molecule has 0 aromatic rings. The van der Waals surface area contributed by atoms with E-state index in [2.05, 4.69) is 13.8 Å². The zero-order chi connectivity index (χ0) is 6.28. The molecule has 3 fully saturated rings. The molecule has 0 aromatic carbocycles. The van der Waals surface area contributed by atoms with E-state index in [-0.39, 0.29) is 0 Å². The summed E-state index contributed by atoms with van der Waals surface area (Å²) in [5.41, 5.74) is 1.86. The molecule has 9 heavy (non-hydrogen) atoms. The van der Waals surface area contributed by atoms with Crippen LogP contribution in [0.1, 0.15) is 33.1 Å². The Morgan fingerprint density at radius 2 is 2.22 bits per heavy atom. The predicted molar refractivity (Wildman–Crippen MR) is 37.0 cm³/mol. The molecule has 50 valence electrons. The zero-order valence-corrected chi connectivity index (χ0v) is 6.28.